The normalized spacial score (nSPS) is 10.6. The summed E-state index contributed by atoms with van der Waals surface area (Å²) in [6, 6.07) is 6.80. The van der Waals surface area contributed by atoms with Crippen LogP contribution in [-0.2, 0) is 0 Å². The molecular formula is C18H13ClF2N2O3S. The number of ether oxygens (including phenoxy) is 2. The molecule has 1 aromatic heterocycles. The van der Waals surface area contributed by atoms with E-state index in [0.717, 1.165) is 17.7 Å². The molecule has 0 unspecified atom stereocenters. The van der Waals surface area contributed by atoms with Crippen LogP contribution in [0.5, 0.6) is 11.5 Å². The third kappa shape index (κ3) is 4.01. The molecule has 3 rings (SSSR count). The van der Waals surface area contributed by atoms with Gasteiger partial charge in [-0.15, -0.1) is 11.3 Å². The van der Waals surface area contributed by atoms with Crippen molar-refractivity contribution in [2.24, 2.45) is 0 Å². The van der Waals surface area contributed by atoms with E-state index in [1.807, 2.05) is 0 Å². The Morgan fingerprint density at radius 1 is 1.11 bits per heavy atom. The summed E-state index contributed by atoms with van der Waals surface area (Å²) in [4.78, 5) is 16.6. The van der Waals surface area contributed by atoms with E-state index in [1.54, 1.807) is 23.6 Å². The molecule has 0 bridgehead atoms. The van der Waals surface area contributed by atoms with Crippen molar-refractivity contribution < 1.29 is 23.0 Å². The number of amides is 1. The van der Waals surface area contributed by atoms with Crippen LogP contribution < -0.4 is 14.8 Å². The molecule has 3 aromatic rings. The van der Waals surface area contributed by atoms with Crippen LogP contribution in [0.3, 0.4) is 0 Å². The van der Waals surface area contributed by atoms with Gasteiger partial charge >= 0.3 is 0 Å². The van der Waals surface area contributed by atoms with E-state index in [0.29, 0.717) is 17.2 Å². The molecular weight excluding hydrogens is 398 g/mol. The Morgan fingerprint density at radius 3 is 2.52 bits per heavy atom. The molecule has 0 aliphatic rings. The third-order valence-corrected chi connectivity index (χ3v) is 4.73. The molecule has 0 radical (unpaired) electrons. The second-order valence-corrected chi connectivity index (χ2v) is 6.57. The lowest BCUT2D eigenvalue weighted by Crippen LogP contribution is -2.13. The van der Waals surface area contributed by atoms with Crippen molar-refractivity contribution in [2.45, 2.75) is 0 Å². The standard InChI is InChI=1S/C18H13ClF2N2O3S/c1-25-15-4-3-9(5-16(15)26-2)14-8-27-18(22-14)23-17(24)10-6-12(20)13(21)7-11(10)19/h3-8H,1-2H3,(H,22,23,24). The van der Waals surface area contributed by atoms with Gasteiger partial charge in [0.1, 0.15) is 0 Å². The molecule has 5 nitrogen and oxygen atoms in total. The summed E-state index contributed by atoms with van der Waals surface area (Å²) in [7, 11) is 3.07. The quantitative estimate of drug-likeness (QED) is 0.600. The van der Waals surface area contributed by atoms with E-state index in [-0.39, 0.29) is 15.7 Å². The number of benzene rings is 2. The number of hydrogen-bond acceptors (Lipinski definition) is 5. The minimum atomic E-state index is -1.16. The minimum absolute atomic E-state index is 0.182. The van der Waals surface area contributed by atoms with Crippen LogP contribution in [0.1, 0.15) is 10.4 Å². The van der Waals surface area contributed by atoms with Crippen molar-refractivity contribution in [3.05, 3.63) is 57.9 Å². The number of thiazole rings is 1. The number of anilines is 1. The SMILES string of the molecule is COc1ccc(-c2csc(NC(=O)c3cc(F)c(F)cc3Cl)n2)cc1OC. The molecule has 0 saturated heterocycles. The van der Waals surface area contributed by atoms with Gasteiger partial charge in [0.05, 0.1) is 30.5 Å². The highest BCUT2D eigenvalue weighted by Crippen LogP contribution is 2.33. The summed E-state index contributed by atoms with van der Waals surface area (Å²) < 4.78 is 37.0. The zero-order valence-electron chi connectivity index (χ0n) is 14.2. The van der Waals surface area contributed by atoms with Gasteiger partial charge in [-0.25, -0.2) is 13.8 Å². The number of rotatable bonds is 5. The van der Waals surface area contributed by atoms with Crippen LogP contribution in [0.2, 0.25) is 5.02 Å². The van der Waals surface area contributed by atoms with Crippen LogP contribution in [0, 0.1) is 11.6 Å². The maximum Gasteiger partial charge on any atom is 0.259 e. The average Bonchev–Trinajstić information content (AvgIpc) is 3.12. The van der Waals surface area contributed by atoms with Gasteiger partial charge in [0.2, 0.25) is 0 Å². The van der Waals surface area contributed by atoms with E-state index in [9.17, 15) is 13.6 Å². The molecule has 140 valence electrons. The molecule has 0 fully saturated rings. The Bertz CT molecular complexity index is 1010. The maximum absolute atomic E-state index is 13.4. The largest absolute Gasteiger partial charge is 0.493 e. The number of nitrogens with one attached hydrogen (secondary N) is 1. The number of nitrogens with zero attached hydrogens (tertiary/aromatic N) is 1. The second kappa shape index (κ2) is 7.89. The van der Waals surface area contributed by atoms with Crippen molar-refractivity contribution >= 4 is 34.0 Å². The average molecular weight is 411 g/mol. The van der Waals surface area contributed by atoms with Crippen LogP contribution in [0.15, 0.2) is 35.7 Å². The summed E-state index contributed by atoms with van der Waals surface area (Å²) >= 11 is 6.99. The monoisotopic (exact) mass is 410 g/mol. The maximum atomic E-state index is 13.4. The zero-order valence-corrected chi connectivity index (χ0v) is 15.8. The Balaban J connectivity index is 1.82. The first-order valence-electron chi connectivity index (χ1n) is 7.56. The molecule has 0 atom stereocenters. The molecule has 0 aliphatic carbocycles. The fraction of sp³-hybridized carbons (Fsp3) is 0.111. The molecule has 0 spiro atoms. The van der Waals surface area contributed by atoms with E-state index < -0.39 is 17.5 Å². The van der Waals surface area contributed by atoms with Gasteiger partial charge in [0.15, 0.2) is 28.3 Å². The van der Waals surface area contributed by atoms with Gasteiger partial charge in [-0.05, 0) is 30.3 Å². The van der Waals surface area contributed by atoms with Crippen molar-refractivity contribution in [3.8, 4) is 22.8 Å². The Morgan fingerprint density at radius 2 is 1.81 bits per heavy atom. The highest BCUT2D eigenvalue weighted by molar-refractivity contribution is 7.14. The van der Waals surface area contributed by atoms with Gasteiger partial charge in [0.25, 0.3) is 5.91 Å². The predicted molar refractivity (Wildman–Crippen MR) is 100.0 cm³/mol. The molecule has 0 saturated carbocycles. The molecule has 1 N–H and O–H groups in total. The molecule has 2 aromatic carbocycles. The molecule has 1 heterocycles. The first-order chi connectivity index (χ1) is 12.9. The highest BCUT2D eigenvalue weighted by atomic mass is 35.5. The van der Waals surface area contributed by atoms with E-state index in [4.69, 9.17) is 21.1 Å². The minimum Gasteiger partial charge on any atom is -0.493 e. The van der Waals surface area contributed by atoms with Crippen molar-refractivity contribution in [3.63, 3.8) is 0 Å². The number of carbonyl (C=O) groups excluding carboxylic acids is 1. The number of aromatic nitrogens is 1. The highest BCUT2D eigenvalue weighted by Gasteiger charge is 2.17. The van der Waals surface area contributed by atoms with Gasteiger partial charge in [-0.3, -0.25) is 10.1 Å². The lowest BCUT2D eigenvalue weighted by Gasteiger charge is -2.08. The number of hydrogen-bond donors (Lipinski definition) is 1. The van der Waals surface area contributed by atoms with E-state index in [1.165, 1.54) is 25.6 Å². The van der Waals surface area contributed by atoms with Gasteiger partial charge in [0, 0.05) is 10.9 Å². The number of carbonyl (C=O) groups is 1. The van der Waals surface area contributed by atoms with Crippen LogP contribution >= 0.6 is 22.9 Å². The Labute approximate surface area is 162 Å². The summed E-state index contributed by atoms with van der Waals surface area (Å²) in [5.74, 6) is -1.84. The van der Waals surface area contributed by atoms with Gasteiger partial charge < -0.3 is 9.47 Å². The molecule has 27 heavy (non-hydrogen) atoms. The zero-order chi connectivity index (χ0) is 19.6. The van der Waals surface area contributed by atoms with Crippen LogP contribution in [0.4, 0.5) is 13.9 Å². The molecule has 0 aliphatic heterocycles. The third-order valence-electron chi connectivity index (χ3n) is 3.66. The number of methoxy groups -OCH3 is 2. The Kier molecular flexibility index (Phi) is 5.57. The topological polar surface area (TPSA) is 60.5 Å². The summed E-state index contributed by atoms with van der Waals surface area (Å²) in [6.45, 7) is 0. The van der Waals surface area contributed by atoms with Gasteiger partial charge in [-0.1, -0.05) is 11.6 Å². The van der Waals surface area contributed by atoms with Crippen LogP contribution in [-0.4, -0.2) is 25.1 Å². The van der Waals surface area contributed by atoms with Crippen molar-refractivity contribution in [1.29, 1.82) is 0 Å². The molecule has 1 amide bonds. The number of halogens is 3. The molecule has 9 heteroatoms. The fourth-order valence-electron chi connectivity index (χ4n) is 2.32. The van der Waals surface area contributed by atoms with E-state index >= 15 is 0 Å². The van der Waals surface area contributed by atoms with Crippen LogP contribution in [0.25, 0.3) is 11.3 Å². The smallest absolute Gasteiger partial charge is 0.259 e. The summed E-state index contributed by atoms with van der Waals surface area (Å²) in [5, 5.41) is 4.36. The first-order valence-corrected chi connectivity index (χ1v) is 8.82. The summed E-state index contributed by atoms with van der Waals surface area (Å²) in [6.07, 6.45) is 0. The van der Waals surface area contributed by atoms with Crippen molar-refractivity contribution in [1.82, 2.24) is 4.98 Å². The predicted octanol–water partition coefficient (Wildman–Crippen LogP) is 5.01. The second-order valence-electron chi connectivity index (χ2n) is 5.31. The fourth-order valence-corrected chi connectivity index (χ4v) is 3.27. The first kappa shape index (κ1) is 19.1. The van der Waals surface area contributed by atoms with Crippen molar-refractivity contribution in [2.75, 3.05) is 19.5 Å². The lowest BCUT2D eigenvalue weighted by atomic mass is 10.1. The lowest BCUT2D eigenvalue weighted by molar-refractivity contribution is 0.102. The van der Waals surface area contributed by atoms with Gasteiger partial charge in [-0.2, -0.15) is 0 Å². The summed E-state index contributed by atoms with van der Waals surface area (Å²) in [5.41, 5.74) is 1.18. The van der Waals surface area contributed by atoms with E-state index in [2.05, 4.69) is 10.3 Å². The Hall–Kier alpha value is -2.71.